The molecule has 0 aromatic rings. The molecule has 1 heteroatoms. The van der Waals surface area contributed by atoms with Gasteiger partial charge in [-0.1, -0.05) is 52.2 Å². The molecule has 0 heterocycles. The topological polar surface area (TPSA) is 26.0 Å². The van der Waals surface area contributed by atoms with E-state index >= 15 is 0 Å². The standard InChI is InChI=1S/C14H29N/c1-7-9-12(11-14(5,6)15)13(3,4)10-8-2/h11H,7-10,15H2,1-6H3/b12-11-. The van der Waals surface area contributed by atoms with Crippen LogP contribution in [0.5, 0.6) is 0 Å². The third-order valence-electron chi connectivity index (χ3n) is 2.81. The van der Waals surface area contributed by atoms with Gasteiger partial charge in [-0.15, -0.1) is 0 Å². The van der Waals surface area contributed by atoms with Gasteiger partial charge in [-0.25, -0.2) is 0 Å². The molecular weight excluding hydrogens is 182 g/mol. The van der Waals surface area contributed by atoms with Crippen LogP contribution in [-0.2, 0) is 0 Å². The van der Waals surface area contributed by atoms with Crippen molar-refractivity contribution in [2.75, 3.05) is 0 Å². The minimum atomic E-state index is -0.185. The van der Waals surface area contributed by atoms with Gasteiger partial charge in [0, 0.05) is 5.54 Å². The van der Waals surface area contributed by atoms with Crippen molar-refractivity contribution in [1.29, 1.82) is 0 Å². The zero-order valence-corrected chi connectivity index (χ0v) is 11.5. The summed E-state index contributed by atoms with van der Waals surface area (Å²) in [6.45, 7) is 13.3. The normalized spacial score (nSPS) is 14.5. The lowest BCUT2D eigenvalue weighted by Gasteiger charge is -2.30. The van der Waals surface area contributed by atoms with Crippen LogP contribution in [0.4, 0.5) is 0 Å². The van der Waals surface area contributed by atoms with Crippen molar-refractivity contribution < 1.29 is 0 Å². The molecule has 0 bridgehead atoms. The predicted molar refractivity (Wildman–Crippen MR) is 69.9 cm³/mol. The van der Waals surface area contributed by atoms with Gasteiger partial charge in [0.2, 0.25) is 0 Å². The number of rotatable bonds is 6. The van der Waals surface area contributed by atoms with Gasteiger partial charge in [0.15, 0.2) is 0 Å². The monoisotopic (exact) mass is 211 g/mol. The Kier molecular flexibility index (Phi) is 5.58. The fraction of sp³-hybridized carbons (Fsp3) is 0.857. The average Bonchev–Trinajstić information content (AvgIpc) is 2.01. The van der Waals surface area contributed by atoms with E-state index in [0.29, 0.717) is 5.41 Å². The van der Waals surface area contributed by atoms with E-state index < -0.39 is 0 Å². The van der Waals surface area contributed by atoms with E-state index in [1.54, 1.807) is 0 Å². The SMILES string of the molecule is CCC/C(=C/C(C)(C)N)C(C)(C)CCC. The van der Waals surface area contributed by atoms with Crippen molar-refractivity contribution in [2.24, 2.45) is 11.1 Å². The Labute approximate surface area is 96.1 Å². The smallest absolute Gasteiger partial charge is 0.0284 e. The first-order chi connectivity index (χ1) is 6.73. The average molecular weight is 211 g/mol. The van der Waals surface area contributed by atoms with Crippen molar-refractivity contribution in [3.05, 3.63) is 11.6 Å². The Balaban J connectivity index is 4.87. The Morgan fingerprint density at radius 2 is 1.60 bits per heavy atom. The van der Waals surface area contributed by atoms with Gasteiger partial charge < -0.3 is 5.73 Å². The van der Waals surface area contributed by atoms with Crippen LogP contribution >= 0.6 is 0 Å². The van der Waals surface area contributed by atoms with Gasteiger partial charge in [-0.2, -0.15) is 0 Å². The first-order valence-corrected chi connectivity index (χ1v) is 6.24. The third-order valence-corrected chi connectivity index (χ3v) is 2.81. The van der Waals surface area contributed by atoms with Gasteiger partial charge in [0.05, 0.1) is 0 Å². The second-order valence-electron chi connectivity index (χ2n) is 5.87. The van der Waals surface area contributed by atoms with Gasteiger partial charge in [-0.05, 0) is 32.1 Å². The van der Waals surface area contributed by atoms with Gasteiger partial charge in [-0.3, -0.25) is 0 Å². The molecule has 0 radical (unpaired) electrons. The van der Waals surface area contributed by atoms with Gasteiger partial charge in [0.25, 0.3) is 0 Å². The van der Waals surface area contributed by atoms with Crippen molar-refractivity contribution >= 4 is 0 Å². The molecule has 0 spiro atoms. The largest absolute Gasteiger partial charge is 0.322 e. The predicted octanol–water partition coefficient (Wildman–Crippen LogP) is 4.28. The van der Waals surface area contributed by atoms with Crippen molar-refractivity contribution in [3.63, 3.8) is 0 Å². The zero-order chi connectivity index (χ0) is 12.1. The number of hydrogen-bond acceptors (Lipinski definition) is 1. The van der Waals surface area contributed by atoms with Crippen LogP contribution in [0, 0.1) is 5.41 Å². The minimum absolute atomic E-state index is 0.185. The lowest BCUT2D eigenvalue weighted by atomic mass is 9.76. The molecule has 0 aliphatic carbocycles. The molecule has 90 valence electrons. The first-order valence-electron chi connectivity index (χ1n) is 6.24. The maximum absolute atomic E-state index is 6.08. The molecule has 0 saturated carbocycles. The Morgan fingerprint density at radius 3 is 1.93 bits per heavy atom. The Morgan fingerprint density at radius 1 is 1.07 bits per heavy atom. The van der Waals surface area contributed by atoms with Crippen molar-refractivity contribution in [3.8, 4) is 0 Å². The maximum atomic E-state index is 6.08. The van der Waals surface area contributed by atoms with E-state index in [4.69, 9.17) is 5.73 Å². The number of hydrogen-bond donors (Lipinski definition) is 1. The lowest BCUT2D eigenvalue weighted by Crippen LogP contribution is -2.31. The zero-order valence-electron chi connectivity index (χ0n) is 11.5. The molecule has 0 fully saturated rings. The highest BCUT2D eigenvalue weighted by molar-refractivity contribution is 5.17. The first kappa shape index (κ1) is 14.7. The van der Waals surface area contributed by atoms with Crippen LogP contribution in [0.15, 0.2) is 11.6 Å². The second-order valence-corrected chi connectivity index (χ2v) is 5.87. The minimum Gasteiger partial charge on any atom is -0.322 e. The summed E-state index contributed by atoms with van der Waals surface area (Å²) in [6, 6.07) is 0. The molecule has 0 amide bonds. The Bertz CT molecular complexity index is 206. The third kappa shape index (κ3) is 5.99. The summed E-state index contributed by atoms with van der Waals surface area (Å²) in [7, 11) is 0. The van der Waals surface area contributed by atoms with E-state index in [-0.39, 0.29) is 5.54 Å². The van der Waals surface area contributed by atoms with E-state index in [2.05, 4.69) is 47.6 Å². The highest BCUT2D eigenvalue weighted by Gasteiger charge is 2.23. The molecule has 0 saturated heterocycles. The highest BCUT2D eigenvalue weighted by Crippen LogP contribution is 2.35. The fourth-order valence-electron chi connectivity index (χ4n) is 2.11. The highest BCUT2D eigenvalue weighted by atomic mass is 14.7. The molecule has 1 nitrogen and oxygen atoms in total. The molecule has 15 heavy (non-hydrogen) atoms. The van der Waals surface area contributed by atoms with Crippen LogP contribution in [0.2, 0.25) is 0 Å². The Hall–Kier alpha value is -0.300. The van der Waals surface area contributed by atoms with Crippen molar-refractivity contribution in [2.45, 2.75) is 72.8 Å². The molecule has 2 N–H and O–H groups in total. The fourth-order valence-corrected chi connectivity index (χ4v) is 2.11. The molecule has 0 rings (SSSR count). The van der Waals surface area contributed by atoms with Crippen LogP contribution in [0.25, 0.3) is 0 Å². The van der Waals surface area contributed by atoms with Crippen LogP contribution in [0.1, 0.15) is 67.2 Å². The van der Waals surface area contributed by atoms with Crippen molar-refractivity contribution in [1.82, 2.24) is 0 Å². The maximum Gasteiger partial charge on any atom is 0.0284 e. The summed E-state index contributed by atoms with van der Waals surface area (Å²) >= 11 is 0. The second kappa shape index (κ2) is 5.69. The quantitative estimate of drug-likeness (QED) is 0.652. The molecular formula is C14H29N. The molecule has 0 aromatic carbocycles. The molecule has 0 aliphatic heterocycles. The van der Waals surface area contributed by atoms with E-state index in [0.717, 1.165) is 0 Å². The van der Waals surface area contributed by atoms with Gasteiger partial charge in [0.1, 0.15) is 0 Å². The molecule has 0 aromatic heterocycles. The molecule has 0 unspecified atom stereocenters. The van der Waals surface area contributed by atoms with E-state index in [1.807, 2.05) is 0 Å². The van der Waals surface area contributed by atoms with E-state index in [1.165, 1.54) is 31.3 Å². The lowest BCUT2D eigenvalue weighted by molar-refractivity contribution is 0.382. The number of nitrogens with two attached hydrogens (primary N) is 1. The summed E-state index contributed by atoms with van der Waals surface area (Å²) in [5.74, 6) is 0. The van der Waals surface area contributed by atoms with E-state index in [9.17, 15) is 0 Å². The summed E-state index contributed by atoms with van der Waals surface area (Å²) in [4.78, 5) is 0. The summed E-state index contributed by atoms with van der Waals surface area (Å²) < 4.78 is 0. The summed E-state index contributed by atoms with van der Waals surface area (Å²) in [5.41, 5.74) is 7.73. The van der Waals surface area contributed by atoms with Crippen LogP contribution in [-0.4, -0.2) is 5.54 Å². The van der Waals surface area contributed by atoms with Gasteiger partial charge >= 0.3 is 0 Å². The van der Waals surface area contributed by atoms with Crippen LogP contribution in [0.3, 0.4) is 0 Å². The molecule has 0 atom stereocenters. The summed E-state index contributed by atoms with van der Waals surface area (Å²) in [5, 5.41) is 0. The summed E-state index contributed by atoms with van der Waals surface area (Å²) in [6.07, 6.45) is 7.13. The van der Waals surface area contributed by atoms with Crippen LogP contribution < -0.4 is 5.73 Å². The molecule has 0 aliphatic rings. The number of allylic oxidation sites excluding steroid dienone is 1.